The number of rotatable bonds is 3. The van der Waals surface area contributed by atoms with Gasteiger partial charge in [-0.2, -0.15) is 0 Å². The van der Waals surface area contributed by atoms with E-state index in [1.54, 1.807) is 0 Å². The van der Waals surface area contributed by atoms with Gasteiger partial charge in [0.15, 0.2) is 0 Å². The highest BCUT2D eigenvalue weighted by Gasteiger charge is 2.27. The highest BCUT2D eigenvalue weighted by Crippen LogP contribution is 2.26. The van der Waals surface area contributed by atoms with Crippen LogP contribution in [0.3, 0.4) is 0 Å². The van der Waals surface area contributed by atoms with E-state index in [-0.39, 0.29) is 29.1 Å². The number of carbonyl (C=O) groups is 1. The lowest BCUT2D eigenvalue weighted by Gasteiger charge is -2.31. The summed E-state index contributed by atoms with van der Waals surface area (Å²) in [5.41, 5.74) is 0.224. The monoisotopic (exact) mass is 237 g/mol. The van der Waals surface area contributed by atoms with Gasteiger partial charge in [0.1, 0.15) is 11.5 Å². The van der Waals surface area contributed by atoms with Crippen molar-refractivity contribution >= 4 is 5.91 Å². The minimum Gasteiger partial charge on any atom is -0.508 e. The summed E-state index contributed by atoms with van der Waals surface area (Å²) in [6.07, 6.45) is 1.19. The van der Waals surface area contributed by atoms with Crippen molar-refractivity contribution in [2.45, 2.75) is 18.9 Å². The Morgan fingerprint density at radius 1 is 1.24 bits per heavy atom. The van der Waals surface area contributed by atoms with Gasteiger partial charge in [-0.1, -0.05) is 0 Å². The van der Waals surface area contributed by atoms with E-state index in [2.05, 4.69) is 5.32 Å². The number of nitrogens with one attached hydrogen (secondary N) is 1. The summed E-state index contributed by atoms with van der Waals surface area (Å²) in [5.74, 6) is -0.305. The predicted molar refractivity (Wildman–Crippen MR) is 60.8 cm³/mol. The van der Waals surface area contributed by atoms with E-state index in [1.165, 1.54) is 18.2 Å². The minimum absolute atomic E-state index is 0.144. The van der Waals surface area contributed by atoms with Crippen LogP contribution in [0.2, 0.25) is 0 Å². The summed E-state index contributed by atoms with van der Waals surface area (Å²) in [4.78, 5) is 11.7. The van der Waals surface area contributed by atoms with E-state index < -0.39 is 0 Å². The highest BCUT2D eigenvalue weighted by atomic mass is 16.3. The number of carbonyl (C=O) groups excluding carboxylic acids is 1. The Morgan fingerprint density at radius 3 is 2.35 bits per heavy atom. The van der Waals surface area contributed by atoms with Crippen LogP contribution >= 0.6 is 0 Å². The van der Waals surface area contributed by atoms with Crippen LogP contribution in [0, 0.1) is 5.92 Å². The van der Waals surface area contributed by atoms with Crippen molar-refractivity contribution in [3.8, 4) is 11.5 Å². The molecule has 5 heteroatoms. The van der Waals surface area contributed by atoms with Gasteiger partial charge in [-0.25, -0.2) is 0 Å². The van der Waals surface area contributed by atoms with Crippen LogP contribution in [0.5, 0.6) is 11.5 Å². The maximum absolute atomic E-state index is 11.7. The second kappa shape index (κ2) is 4.63. The molecule has 17 heavy (non-hydrogen) atoms. The van der Waals surface area contributed by atoms with Crippen molar-refractivity contribution in [2.75, 3.05) is 6.54 Å². The van der Waals surface area contributed by atoms with Crippen LogP contribution < -0.4 is 5.32 Å². The van der Waals surface area contributed by atoms with E-state index in [0.29, 0.717) is 25.3 Å². The second-order valence-corrected chi connectivity index (χ2v) is 4.44. The molecule has 0 aromatic heterocycles. The molecule has 2 rings (SSSR count). The fraction of sp³-hybridized carbons (Fsp3) is 0.417. The van der Waals surface area contributed by atoms with Gasteiger partial charge in [-0.15, -0.1) is 0 Å². The van der Waals surface area contributed by atoms with Crippen LogP contribution in [0.4, 0.5) is 0 Å². The number of benzene rings is 1. The smallest absolute Gasteiger partial charge is 0.251 e. The Balaban J connectivity index is 1.90. The standard InChI is InChI=1S/C12H15NO4/c14-9-1-7(2-9)6-13-12(17)8-3-10(15)5-11(16)4-8/h3-5,7,9,14-16H,1-2,6H2,(H,13,17). The Morgan fingerprint density at radius 2 is 1.82 bits per heavy atom. The van der Waals surface area contributed by atoms with E-state index in [9.17, 15) is 15.0 Å². The molecule has 1 aromatic carbocycles. The number of phenols is 2. The molecular formula is C12H15NO4. The van der Waals surface area contributed by atoms with E-state index in [1.807, 2.05) is 0 Å². The molecule has 0 aliphatic heterocycles. The molecular weight excluding hydrogens is 222 g/mol. The molecule has 0 radical (unpaired) electrons. The molecule has 0 heterocycles. The average Bonchev–Trinajstić information content (AvgIpc) is 2.21. The van der Waals surface area contributed by atoms with Gasteiger partial charge >= 0.3 is 0 Å². The van der Waals surface area contributed by atoms with Crippen LogP contribution in [0.15, 0.2) is 18.2 Å². The van der Waals surface area contributed by atoms with Crippen LogP contribution in [-0.2, 0) is 0 Å². The van der Waals surface area contributed by atoms with Gasteiger partial charge < -0.3 is 20.6 Å². The number of phenolic OH excluding ortho intramolecular Hbond substituents is 2. The second-order valence-electron chi connectivity index (χ2n) is 4.44. The van der Waals surface area contributed by atoms with Crippen molar-refractivity contribution in [2.24, 2.45) is 5.92 Å². The first-order chi connectivity index (χ1) is 8.04. The zero-order chi connectivity index (χ0) is 12.4. The Bertz CT molecular complexity index is 406. The molecule has 1 saturated carbocycles. The number of aliphatic hydroxyl groups is 1. The zero-order valence-electron chi connectivity index (χ0n) is 9.26. The third kappa shape index (κ3) is 2.88. The lowest BCUT2D eigenvalue weighted by Crippen LogP contribution is -2.38. The molecule has 1 amide bonds. The Labute approximate surface area is 98.7 Å². The lowest BCUT2D eigenvalue weighted by molar-refractivity contribution is 0.0420. The summed E-state index contributed by atoms with van der Waals surface area (Å²) < 4.78 is 0. The van der Waals surface area contributed by atoms with Gasteiger partial charge in [-0.05, 0) is 30.9 Å². The van der Waals surface area contributed by atoms with E-state index >= 15 is 0 Å². The SMILES string of the molecule is O=C(NCC1CC(O)C1)c1cc(O)cc(O)c1. The van der Waals surface area contributed by atoms with E-state index in [0.717, 1.165) is 0 Å². The normalized spacial score (nSPS) is 22.9. The minimum atomic E-state index is -0.336. The summed E-state index contributed by atoms with van der Waals surface area (Å²) >= 11 is 0. The average molecular weight is 237 g/mol. The maximum atomic E-state index is 11.7. The topological polar surface area (TPSA) is 89.8 Å². The molecule has 1 aromatic rings. The number of aromatic hydroxyl groups is 2. The summed E-state index contributed by atoms with van der Waals surface area (Å²) in [5, 5.41) is 30.3. The van der Waals surface area contributed by atoms with Crippen molar-refractivity contribution < 1.29 is 20.1 Å². The first kappa shape index (κ1) is 11.7. The lowest BCUT2D eigenvalue weighted by atomic mass is 9.82. The first-order valence-electron chi connectivity index (χ1n) is 5.54. The zero-order valence-corrected chi connectivity index (χ0v) is 9.26. The van der Waals surface area contributed by atoms with Crippen LogP contribution in [-0.4, -0.2) is 33.9 Å². The first-order valence-corrected chi connectivity index (χ1v) is 5.54. The van der Waals surface area contributed by atoms with Crippen molar-refractivity contribution in [1.82, 2.24) is 5.32 Å². The number of amides is 1. The quantitative estimate of drug-likeness (QED) is 0.619. The molecule has 5 nitrogen and oxygen atoms in total. The van der Waals surface area contributed by atoms with Gasteiger partial charge in [0.25, 0.3) is 5.91 Å². The number of hydrogen-bond donors (Lipinski definition) is 4. The van der Waals surface area contributed by atoms with Crippen LogP contribution in [0.1, 0.15) is 23.2 Å². The number of aliphatic hydroxyl groups excluding tert-OH is 1. The molecule has 92 valence electrons. The van der Waals surface area contributed by atoms with Crippen molar-refractivity contribution in [1.29, 1.82) is 0 Å². The third-order valence-electron chi connectivity index (χ3n) is 2.93. The molecule has 1 aliphatic rings. The summed E-state index contributed by atoms with van der Waals surface area (Å²) in [6.45, 7) is 0.506. The molecule has 1 aliphatic carbocycles. The molecule has 0 unspecified atom stereocenters. The molecule has 0 atom stereocenters. The molecule has 0 bridgehead atoms. The van der Waals surface area contributed by atoms with E-state index in [4.69, 9.17) is 5.11 Å². The third-order valence-corrected chi connectivity index (χ3v) is 2.93. The Kier molecular flexibility index (Phi) is 3.19. The number of hydrogen-bond acceptors (Lipinski definition) is 4. The predicted octanol–water partition coefficient (Wildman–Crippen LogP) is 0.599. The Hall–Kier alpha value is -1.75. The van der Waals surface area contributed by atoms with Gasteiger partial charge in [0.2, 0.25) is 0 Å². The highest BCUT2D eigenvalue weighted by molar-refractivity contribution is 5.95. The molecule has 0 spiro atoms. The van der Waals surface area contributed by atoms with Crippen LogP contribution in [0.25, 0.3) is 0 Å². The summed E-state index contributed by atoms with van der Waals surface area (Å²) in [7, 11) is 0. The van der Waals surface area contributed by atoms with Gasteiger partial charge in [0.05, 0.1) is 6.10 Å². The van der Waals surface area contributed by atoms with Crippen molar-refractivity contribution in [3.05, 3.63) is 23.8 Å². The maximum Gasteiger partial charge on any atom is 0.251 e. The summed E-state index contributed by atoms with van der Waals surface area (Å²) in [6, 6.07) is 3.76. The molecule has 1 fully saturated rings. The molecule has 0 saturated heterocycles. The molecule has 4 N–H and O–H groups in total. The van der Waals surface area contributed by atoms with Gasteiger partial charge in [-0.3, -0.25) is 4.79 Å². The fourth-order valence-corrected chi connectivity index (χ4v) is 1.93. The van der Waals surface area contributed by atoms with Crippen molar-refractivity contribution in [3.63, 3.8) is 0 Å². The van der Waals surface area contributed by atoms with Gasteiger partial charge in [0, 0.05) is 18.2 Å². The largest absolute Gasteiger partial charge is 0.508 e. The fourth-order valence-electron chi connectivity index (χ4n) is 1.93.